The standard InChI is InChI=1S/C13H13N3O5S/c1-20-10-9(11(14)17)15-13(22(2,18)19)16-12(10)21-8-6-4-3-5-7-8/h3-7H,1-2H3,(H2,14,17). The van der Waals surface area contributed by atoms with Crippen LogP contribution in [0.5, 0.6) is 17.4 Å². The fraction of sp³-hybridized carbons (Fsp3) is 0.154. The van der Waals surface area contributed by atoms with Gasteiger partial charge >= 0.3 is 0 Å². The molecule has 1 aromatic heterocycles. The number of carbonyl (C=O) groups is 1. The van der Waals surface area contributed by atoms with Gasteiger partial charge in [0, 0.05) is 6.26 Å². The summed E-state index contributed by atoms with van der Waals surface area (Å²) < 4.78 is 33.8. The molecular weight excluding hydrogens is 310 g/mol. The van der Waals surface area contributed by atoms with Crippen molar-refractivity contribution in [2.75, 3.05) is 13.4 Å². The van der Waals surface area contributed by atoms with Crippen LogP contribution in [0.25, 0.3) is 0 Å². The first-order valence-electron chi connectivity index (χ1n) is 6.01. The predicted octanol–water partition coefficient (Wildman–Crippen LogP) is 0.780. The Morgan fingerprint density at radius 3 is 2.32 bits per heavy atom. The predicted molar refractivity (Wildman–Crippen MR) is 76.7 cm³/mol. The van der Waals surface area contributed by atoms with E-state index in [1.165, 1.54) is 7.11 Å². The number of hydrogen-bond donors (Lipinski definition) is 1. The molecular formula is C13H13N3O5S. The molecule has 0 bridgehead atoms. The molecule has 0 aliphatic carbocycles. The molecule has 0 unspecified atom stereocenters. The Hall–Kier alpha value is -2.68. The fourth-order valence-electron chi connectivity index (χ4n) is 1.60. The van der Waals surface area contributed by atoms with Crippen molar-refractivity contribution in [3.8, 4) is 17.4 Å². The van der Waals surface area contributed by atoms with Crippen LogP contribution in [0.15, 0.2) is 35.5 Å². The van der Waals surface area contributed by atoms with E-state index in [0.29, 0.717) is 5.75 Å². The largest absolute Gasteiger partial charge is 0.489 e. The van der Waals surface area contributed by atoms with Gasteiger partial charge in [-0.05, 0) is 12.1 Å². The normalized spacial score (nSPS) is 11.0. The van der Waals surface area contributed by atoms with Gasteiger partial charge in [-0.1, -0.05) is 18.2 Å². The van der Waals surface area contributed by atoms with E-state index >= 15 is 0 Å². The van der Waals surface area contributed by atoms with Gasteiger partial charge in [-0.25, -0.2) is 13.4 Å². The zero-order chi connectivity index (χ0) is 16.3. The smallest absolute Gasteiger partial charge is 0.271 e. The van der Waals surface area contributed by atoms with Crippen LogP contribution in [0.4, 0.5) is 0 Å². The van der Waals surface area contributed by atoms with Gasteiger partial charge in [-0.2, -0.15) is 4.98 Å². The number of rotatable bonds is 5. The molecule has 1 amide bonds. The highest BCUT2D eigenvalue weighted by molar-refractivity contribution is 7.90. The van der Waals surface area contributed by atoms with E-state index in [4.69, 9.17) is 15.2 Å². The van der Waals surface area contributed by atoms with Crippen molar-refractivity contribution in [2.45, 2.75) is 5.16 Å². The number of ether oxygens (including phenoxy) is 2. The molecule has 0 spiro atoms. The van der Waals surface area contributed by atoms with Crippen molar-refractivity contribution < 1.29 is 22.7 Å². The number of nitrogens with two attached hydrogens (primary N) is 1. The molecule has 0 aliphatic heterocycles. The molecule has 2 rings (SSSR count). The minimum atomic E-state index is -3.76. The van der Waals surface area contributed by atoms with Crippen LogP contribution < -0.4 is 15.2 Å². The summed E-state index contributed by atoms with van der Waals surface area (Å²) in [6, 6.07) is 8.48. The number of sulfone groups is 1. The van der Waals surface area contributed by atoms with Crippen molar-refractivity contribution in [1.29, 1.82) is 0 Å². The summed E-state index contributed by atoms with van der Waals surface area (Å²) in [6.45, 7) is 0. The summed E-state index contributed by atoms with van der Waals surface area (Å²) in [6.07, 6.45) is 0.909. The van der Waals surface area contributed by atoms with Gasteiger partial charge < -0.3 is 15.2 Å². The van der Waals surface area contributed by atoms with Crippen molar-refractivity contribution in [2.24, 2.45) is 5.73 Å². The molecule has 2 aromatic rings. The lowest BCUT2D eigenvalue weighted by Crippen LogP contribution is -2.18. The summed E-state index contributed by atoms with van der Waals surface area (Å²) in [5.74, 6) is -0.918. The second-order valence-electron chi connectivity index (χ2n) is 4.24. The van der Waals surface area contributed by atoms with Crippen molar-refractivity contribution in [1.82, 2.24) is 9.97 Å². The summed E-state index contributed by atoms with van der Waals surface area (Å²) in [5.41, 5.74) is 4.83. The number of primary amides is 1. The van der Waals surface area contributed by atoms with Gasteiger partial charge in [-0.3, -0.25) is 4.79 Å². The Morgan fingerprint density at radius 2 is 1.82 bits per heavy atom. The second-order valence-corrected chi connectivity index (χ2v) is 6.15. The van der Waals surface area contributed by atoms with Gasteiger partial charge in [-0.15, -0.1) is 0 Å². The van der Waals surface area contributed by atoms with E-state index < -0.39 is 20.9 Å². The third kappa shape index (κ3) is 3.31. The van der Waals surface area contributed by atoms with Crippen LogP contribution in [-0.4, -0.2) is 37.7 Å². The number of hydrogen-bond acceptors (Lipinski definition) is 7. The minimum absolute atomic E-state index is 0.135. The maximum Gasteiger partial charge on any atom is 0.271 e. The SMILES string of the molecule is COc1c(Oc2ccccc2)nc(S(C)(=O)=O)nc1C(N)=O. The molecule has 0 fully saturated rings. The number of methoxy groups -OCH3 is 1. The van der Waals surface area contributed by atoms with Gasteiger partial charge in [0.15, 0.2) is 5.69 Å². The van der Waals surface area contributed by atoms with Crippen molar-refractivity contribution >= 4 is 15.7 Å². The first-order valence-corrected chi connectivity index (χ1v) is 7.91. The first kappa shape index (κ1) is 15.7. The molecule has 1 aromatic carbocycles. The number of para-hydroxylation sites is 1. The van der Waals surface area contributed by atoms with Gasteiger partial charge in [0.2, 0.25) is 15.6 Å². The fourth-order valence-corrected chi connectivity index (χ4v) is 2.10. The molecule has 2 N–H and O–H groups in total. The average Bonchev–Trinajstić information content (AvgIpc) is 2.46. The van der Waals surface area contributed by atoms with E-state index in [9.17, 15) is 13.2 Å². The summed E-state index contributed by atoms with van der Waals surface area (Å²) >= 11 is 0. The van der Waals surface area contributed by atoms with E-state index in [2.05, 4.69) is 9.97 Å². The highest BCUT2D eigenvalue weighted by Gasteiger charge is 2.24. The molecule has 0 saturated carbocycles. The number of aromatic nitrogens is 2. The highest BCUT2D eigenvalue weighted by Crippen LogP contribution is 2.32. The zero-order valence-corrected chi connectivity index (χ0v) is 12.6. The Bertz CT molecular complexity index is 806. The second kappa shape index (κ2) is 5.98. The van der Waals surface area contributed by atoms with Crippen LogP contribution in [0.1, 0.15) is 10.5 Å². The highest BCUT2D eigenvalue weighted by atomic mass is 32.2. The molecule has 0 saturated heterocycles. The van der Waals surface area contributed by atoms with Gasteiger partial charge in [0.05, 0.1) is 7.11 Å². The van der Waals surface area contributed by atoms with Crippen LogP contribution in [0.2, 0.25) is 0 Å². The minimum Gasteiger partial charge on any atom is -0.489 e. The van der Waals surface area contributed by atoms with E-state index in [1.807, 2.05) is 0 Å². The average molecular weight is 323 g/mol. The van der Waals surface area contributed by atoms with Gasteiger partial charge in [0.25, 0.3) is 16.9 Å². The molecule has 0 atom stereocenters. The Labute approximate surface area is 126 Å². The van der Waals surface area contributed by atoms with Crippen molar-refractivity contribution in [3.63, 3.8) is 0 Å². The van der Waals surface area contributed by atoms with Crippen LogP contribution in [0.3, 0.4) is 0 Å². The Morgan fingerprint density at radius 1 is 1.18 bits per heavy atom. The van der Waals surface area contributed by atoms with E-state index in [-0.39, 0.29) is 17.3 Å². The first-order chi connectivity index (χ1) is 10.3. The summed E-state index contributed by atoms with van der Waals surface area (Å²) in [4.78, 5) is 18.9. The quantitative estimate of drug-likeness (QED) is 0.807. The molecule has 8 nitrogen and oxygen atoms in total. The summed E-state index contributed by atoms with van der Waals surface area (Å²) in [7, 11) is -2.50. The lowest BCUT2D eigenvalue weighted by molar-refractivity contribution is 0.0990. The monoisotopic (exact) mass is 323 g/mol. The van der Waals surface area contributed by atoms with E-state index in [1.54, 1.807) is 30.3 Å². The molecule has 9 heteroatoms. The Balaban J connectivity index is 2.64. The number of benzene rings is 1. The third-order valence-corrected chi connectivity index (χ3v) is 3.39. The number of amides is 1. The molecule has 0 aliphatic rings. The maximum atomic E-state index is 11.6. The Kier molecular flexibility index (Phi) is 4.27. The molecule has 22 heavy (non-hydrogen) atoms. The van der Waals surface area contributed by atoms with Crippen LogP contribution in [-0.2, 0) is 9.84 Å². The van der Waals surface area contributed by atoms with Crippen LogP contribution >= 0.6 is 0 Å². The number of carbonyl (C=O) groups excluding carboxylic acids is 1. The molecule has 0 radical (unpaired) electrons. The maximum absolute atomic E-state index is 11.6. The molecule has 1 heterocycles. The van der Waals surface area contributed by atoms with E-state index in [0.717, 1.165) is 6.26 Å². The topological polar surface area (TPSA) is 121 Å². The van der Waals surface area contributed by atoms with Gasteiger partial charge in [0.1, 0.15) is 5.75 Å². The lowest BCUT2D eigenvalue weighted by Gasteiger charge is -2.12. The van der Waals surface area contributed by atoms with Crippen LogP contribution in [0, 0.1) is 0 Å². The summed E-state index contributed by atoms with van der Waals surface area (Å²) in [5, 5.41) is -0.576. The molecule has 116 valence electrons. The third-order valence-electron chi connectivity index (χ3n) is 2.54. The number of nitrogens with zero attached hydrogens (tertiary/aromatic N) is 2. The lowest BCUT2D eigenvalue weighted by atomic mass is 10.3. The zero-order valence-electron chi connectivity index (χ0n) is 11.8. The van der Waals surface area contributed by atoms with Crippen molar-refractivity contribution in [3.05, 3.63) is 36.0 Å².